The molecule has 0 spiro atoms. The van der Waals surface area contributed by atoms with Gasteiger partial charge in [0.25, 0.3) is 5.56 Å². The number of sulfone groups is 1. The van der Waals surface area contributed by atoms with Gasteiger partial charge in [0.2, 0.25) is 9.84 Å². The first-order chi connectivity index (χ1) is 19.9. The van der Waals surface area contributed by atoms with E-state index in [0.717, 1.165) is 15.9 Å². The highest BCUT2D eigenvalue weighted by atomic mass is 35.5. The second-order valence-electron chi connectivity index (χ2n) is 9.02. The molecule has 0 bridgehead atoms. The summed E-state index contributed by atoms with van der Waals surface area (Å²) in [7, 11) is -4.40. The monoisotopic (exact) mass is 680 g/mol. The quantitative estimate of drug-likeness (QED) is 0.272. The number of allylic oxidation sites excluding steroid dienone is 1. The van der Waals surface area contributed by atoms with Crippen LogP contribution < -0.4 is 20.5 Å². The SMILES string of the molecule is CCOC(=O)C1=c2s/c(=C\c3ccc(Cl)cc3Cl)c(=O)n2C(N)=C(S(=O)(=O)c2ccccc2)[C@H]1c1ccc(Cl)cc1Cl. The second-order valence-corrected chi connectivity index (χ2v) is 13.7. The van der Waals surface area contributed by atoms with Crippen molar-refractivity contribution < 1.29 is 17.9 Å². The standard InChI is InChI=1S/C29H20Cl4N2O5S2/c1-2-40-29(37)24-23(19-11-10-17(31)14-21(19)33)25(42(38,39)18-6-4-3-5-7-18)26(34)35-27(36)22(41-28(24)35)12-15-8-9-16(30)13-20(15)32/h3-14,23H,2,34H2,1H3/b22-12-/t23-/m0/s1. The highest BCUT2D eigenvalue weighted by Crippen LogP contribution is 2.44. The predicted molar refractivity (Wildman–Crippen MR) is 168 cm³/mol. The van der Waals surface area contributed by atoms with Crippen LogP contribution >= 0.6 is 57.7 Å². The topological polar surface area (TPSA) is 108 Å². The van der Waals surface area contributed by atoms with E-state index in [1.807, 2.05) is 0 Å². The maximum absolute atomic E-state index is 14.3. The van der Waals surface area contributed by atoms with E-state index in [-0.39, 0.29) is 47.7 Å². The summed E-state index contributed by atoms with van der Waals surface area (Å²) in [6, 6.07) is 16.8. The molecule has 0 fully saturated rings. The zero-order chi connectivity index (χ0) is 30.3. The number of ether oxygens (including phenoxy) is 1. The highest BCUT2D eigenvalue weighted by molar-refractivity contribution is 7.95. The van der Waals surface area contributed by atoms with E-state index in [1.54, 1.807) is 37.3 Å². The molecule has 0 saturated carbocycles. The third-order valence-corrected chi connectivity index (χ3v) is 10.6. The Morgan fingerprint density at radius 1 is 1.00 bits per heavy atom. The average Bonchev–Trinajstić information content (AvgIpc) is 3.26. The van der Waals surface area contributed by atoms with Crippen LogP contribution in [0.25, 0.3) is 17.5 Å². The summed E-state index contributed by atoms with van der Waals surface area (Å²) >= 11 is 26.1. The smallest absolute Gasteiger partial charge is 0.338 e. The average molecular weight is 682 g/mol. The molecule has 0 radical (unpaired) electrons. The van der Waals surface area contributed by atoms with E-state index in [0.29, 0.717) is 15.6 Å². The van der Waals surface area contributed by atoms with Crippen molar-refractivity contribution >= 4 is 91.0 Å². The number of benzene rings is 3. The summed E-state index contributed by atoms with van der Waals surface area (Å²) < 4.78 is 35.2. The minimum absolute atomic E-state index is 0.0155. The van der Waals surface area contributed by atoms with E-state index >= 15 is 0 Å². The number of esters is 1. The van der Waals surface area contributed by atoms with Crippen LogP contribution in [0.4, 0.5) is 0 Å². The van der Waals surface area contributed by atoms with Crippen LogP contribution in [-0.2, 0) is 19.4 Å². The molecule has 0 aliphatic carbocycles. The third-order valence-electron chi connectivity index (χ3n) is 6.46. The molecule has 0 amide bonds. The number of aromatic nitrogens is 1. The van der Waals surface area contributed by atoms with Gasteiger partial charge >= 0.3 is 5.97 Å². The van der Waals surface area contributed by atoms with Gasteiger partial charge in [0.05, 0.1) is 27.5 Å². The van der Waals surface area contributed by atoms with Crippen LogP contribution in [0, 0.1) is 0 Å². The Labute approximate surface area is 264 Å². The van der Waals surface area contributed by atoms with Gasteiger partial charge in [-0.1, -0.05) is 76.7 Å². The molecule has 0 saturated heterocycles. The van der Waals surface area contributed by atoms with E-state index in [1.165, 1.54) is 42.5 Å². The van der Waals surface area contributed by atoms with Crippen LogP contribution in [0.1, 0.15) is 24.0 Å². The number of carbonyl (C=O) groups is 1. The van der Waals surface area contributed by atoms with Crippen molar-refractivity contribution in [1.82, 2.24) is 4.57 Å². The van der Waals surface area contributed by atoms with E-state index in [4.69, 9.17) is 56.9 Å². The molecule has 3 aromatic carbocycles. The van der Waals surface area contributed by atoms with Gasteiger partial charge in [-0.05, 0) is 60.5 Å². The van der Waals surface area contributed by atoms with E-state index in [9.17, 15) is 18.0 Å². The van der Waals surface area contributed by atoms with Crippen LogP contribution in [0.5, 0.6) is 0 Å². The van der Waals surface area contributed by atoms with Gasteiger partial charge in [-0.25, -0.2) is 13.2 Å². The molecule has 1 aliphatic rings. The fourth-order valence-electron chi connectivity index (χ4n) is 4.62. The molecule has 0 unspecified atom stereocenters. The van der Waals surface area contributed by atoms with Gasteiger partial charge < -0.3 is 10.5 Å². The zero-order valence-corrected chi connectivity index (χ0v) is 26.3. The van der Waals surface area contributed by atoms with Crippen molar-refractivity contribution in [2.75, 3.05) is 6.61 Å². The molecular formula is C29H20Cl4N2O5S2. The van der Waals surface area contributed by atoms with Crippen molar-refractivity contribution in [3.63, 3.8) is 0 Å². The minimum atomic E-state index is -4.40. The molecular weight excluding hydrogens is 662 g/mol. The predicted octanol–water partition coefficient (Wildman–Crippen LogP) is 5.42. The lowest BCUT2D eigenvalue weighted by atomic mass is 9.89. The van der Waals surface area contributed by atoms with Crippen molar-refractivity contribution in [1.29, 1.82) is 0 Å². The maximum Gasteiger partial charge on any atom is 0.338 e. The molecule has 7 nitrogen and oxygen atoms in total. The van der Waals surface area contributed by atoms with E-state index < -0.39 is 32.2 Å². The molecule has 13 heteroatoms. The first kappa shape index (κ1) is 30.4. The Morgan fingerprint density at radius 2 is 1.64 bits per heavy atom. The number of carbonyl (C=O) groups excluding carboxylic acids is 1. The molecule has 2 N–H and O–H groups in total. The van der Waals surface area contributed by atoms with Crippen molar-refractivity contribution in [3.8, 4) is 0 Å². The molecule has 1 aromatic heterocycles. The number of thiazole rings is 1. The zero-order valence-electron chi connectivity index (χ0n) is 21.6. The number of rotatable bonds is 6. The molecule has 42 heavy (non-hydrogen) atoms. The Balaban J connectivity index is 1.95. The minimum Gasteiger partial charge on any atom is -0.463 e. The molecule has 4 aromatic rings. The number of fused-ring (bicyclic) bond motifs is 1. The second kappa shape index (κ2) is 11.9. The van der Waals surface area contributed by atoms with Crippen LogP contribution in [0.3, 0.4) is 0 Å². The number of halogens is 4. The van der Waals surface area contributed by atoms with Gasteiger partial charge in [0.1, 0.15) is 15.4 Å². The molecule has 1 aliphatic heterocycles. The number of nitrogens with zero attached hydrogens (tertiary/aromatic N) is 1. The lowest BCUT2D eigenvalue weighted by Crippen LogP contribution is -2.41. The summed E-state index contributed by atoms with van der Waals surface area (Å²) in [4.78, 5) is 27.0. The summed E-state index contributed by atoms with van der Waals surface area (Å²) in [6.45, 7) is 1.60. The Hall–Kier alpha value is -3.05. The molecule has 2 heterocycles. The van der Waals surface area contributed by atoms with Crippen LogP contribution in [0.2, 0.25) is 20.1 Å². The van der Waals surface area contributed by atoms with Gasteiger partial charge in [0.15, 0.2) is 0 Å². The molecule has 1 atom stereocenters. The first-order valence-corrected chi connectivity index (χ1v) is 16.1. The summed E-state index contributed by atoms with van der Waals surface area (Å²) in [5.74, 6) is -2.54. The van der Waals surface area contributed by atoms with Crippen molar-refractivity contribution in [3.05, 3.63) is 122 Å². The molecule has 216 valence electrons. The summed E-state index contributed by atoms with van der Waals surface area (Å²) in [5.41, 5.74) is 6.54. The van der Waals surface area contributed by atoms with Crippen LogP contribution in [-0.4, -0.2) is 25.6 Å². The Kier molecular flexibility index (Phi) is 8.63. The largest absolute Gasteiger partial charge is 0.463 e. The normalized spacial score (nSPS) is 15.6. The van der Waals surface area contributed by atoms with Gasteiger partial charge in [-0.15, -0.1) is 11.3 Å². The summed E-state index contributed by atoms with van der Waals surface area (Å²) in [5, 5.41) is 1.08. The number of nitrogens with two attached hydrogens (primary N) is 1. The van der Waals surface area contributed by atoms with Crippen LogP contribution in [0.15, 0.2) is 81.3 Å². The number of hydrogen-bond donors (Lipinski definition) is 1. The van der Waals surface area contributed by atoms with Gasteiger partial charge in [-0.3, -0.25) is 9.36 Å². The first-order valence-electron chi connectivity index (χ1n) is 12.3. The van der Waals surface area contributed by atoms with Crippen molar-refractivity contribution in [2.45, 2.75) is 17.7 Å². The van der Waals surface area contributed by atoms with E-state index in [2.05, 4.69) is 0 Å². The van der Waals surface area contributed by atoms with Crippen molar-refractivity contribution in [2.24, 2.45) is 5.73 Å². The highest BCUT2D eigenvalue weighted by Gasteiger charge is 2.43. The number of hydrogen-bond acceptors (Lipinski definition) is 7. The summed E-state index contributed by atoms with van der Waals surface area (Å²) in [6.07, 6.45) is 1.52. The Morgan fingerprint density at radius 3 is 2.26 bits per heavy atom. The fraction of sp³-hybridized carbons (Fsp3) is 0.103. The fourth-order valence-corrected chi connectivity index (χ4v) is 8.45. The lowest BCUT2D eigenvalue weighted by molar-refractivity contribution is -0.136. The van der Waals surface area contributed by atoms with Gasteiger partial charge in [0, 0.05) is 20.1 Å². The lowest BCUT2D eigenvalue weighted by Gasteiger charge is -2.28. The molecule has 5 rings (SSSR count). The maximum atomic E-state index is 14.3. The van der Waals surface area contributed by atoms with Gasteiger partial charge in [-0.2, -0.15) is 0 Å². The third kappa shape index (κ3) is 5.41. The Bertz CT molecular complexity index is 2070.